The van der Waals surface area contributed by atoms with Crippen molar-refractivity contribution in [2.75, 3.05) is 6.61 Å². The van der Waals surface area contributed by atoms with E-state index >= 15 is 0 Å². The van der Waals surface area contributed by atoms with Crippen molar-refractivity contribution >= 4 is 0 Å². The molecule has 1 rings (SSSR count). The van der Waals surface area contributed by atoms with Gasteiger partial charge in [-0.15, -0.1) is 5.10 Å². The van der Waals surface area contributed by atoms with Crippen molar-refractivity contribution in [3.8, 4) is 0 Å². The molecule has 3 N–H and O–H groups in total. The van der Waals surface area contributed by atoms with Crippen LogP contribution < -0.4 is 5.73 Å². The van der Waals surface area contributed by atoms with Gasteiger partial charge in [0.15, 0.2) is 0 Å². The molecule has 0 atom stereocenters. The molecule has 0 spiro atoms. The Bertz CT molecular complexity index is 263. The van der Waals surface area contributed by atoms with Crippen LogP contribution in [0, 0.1) is 0 Å². The molecule has 0 aliphatic heterocycles. The second-order valence-corrected chi connectivity index (χ2v) is 3.67. The van der Waals surface area contributed by atoms with Gasteiger partial charge in [-0.2, -0.15) is 0 Å². The van der Waals surface area contributed by atoms with Crippen LogP contribution in [0.2, 0.25) is 0 Å². The minimum Gasteiger partial charge on any atom is -0.396 e. The van der Waals surface area contributed by atoms with E-state index in [-0.39, 0.29) is 6.61 Å². The maximum absolute atomic E-state index is 8.61. The quantitative estimate of drug-likeness (QED) is 0.682. The first-order chi connectivity index (χ1) is 6.04. The van der Waals surface area contributed by atoms with Crippen molar-refractivity contribution in [2.24, 2.45) is 5.73 Å². The van der Waals surface area contributed by atoms with E-state index in [1.807, 2.05) is 20.0 Å². The van der Waals surface area contributed by atoms with E-state index in [0.717, 1.165) is 5.69 Å². The van der Waals surface area contributed by atoms with Gasteiger partial charge < -0.3 is 10.8 Å². The third kappa shape index (κ3) is 2.78. The number of aliphatic hydroxyl groups is 1. The van der Waals surface area contributed by atoms with Gasteiger partial charge in [-0.3, -0.25) is 4.68 Å². The van der Waals surface area contributed by atoms with Gasteiger partial charge in [-0.1, -0.05) is 5.21 Å². The average molecular weight is 184 g/mol. The predicted octanol–water partition coefficient (Wildman–Crippen LogP) is -0.146. The SMILES string of the molecule is CC(C)(N)c1cn(CCCO)nn1. The van der Waals surface area contributed by atoms with E-state index in [4.69, 9.17) is 10.8 Å². The number of nitrogens with two attached hydrogens (primary N) is 1. The number of aromatic nitrogens is 3. The Morgan fingerprint density at radius 3 is 2.77 bits per heavy atom. The fourth-order valence-corrected chi connectivity index (χ4v) is 0.936. The standard InChI is InChI=1S/C8H16N4O/c1-8(2,9)7-6-12(11-10-7)4-3-5-13/h6,13H,3-5,9H2,1-2H3. The number of rotatable bonds is 4. The number of aliphatic hydroxyl groups excluding tert-OH is 1. The molecule has 13 heavy (non-hydrogen) atoms. The Hall–Kier alpha value is -0.940. The van der Waals surface area contributed by atoms with Gasteiger partial charge in [0.05, 0.1) is 11.7 Å². The van der Waals surface area contributed by atoms with E-state index in [0.29, 0.717) is 13.0 Å². The minimum absolute atomic E-state index is 0.168. The van der Waals surface area contributed by atoms with Crippen molar-refractivity contribution in [1.29, 1.82) is 0 Å². The summed E-state index contributed by atoms with van der Waals surface area (Å²) in [6.07, 6.45) is 2.50. The Morgan fingerprint density at radius 2 is 2.31 bits per heavy atom. The maximum atomic E-state index is 8.61. The van der Waals surface area contributed by atoms with Crippen molar-refractivity contribution in [1.82, 2.24) is 15.0 Å². The Labute approximate surface area is 77.6 Å². The molecular formula is C8H16N4O. The molecular weight excluding hydrogens is 168 g/mol. The zero-order chi connectivity index (χ0) is 9.90. The lowest BCUT2D eigenvalue weighted by Crippen LogP contribution is -2.29. The lowest BCUT2D eigenvalue weighted by Gasteiger charge is -2.13. The van der Waals surface area contributed by atoms with Crippen LogP contribution in [0.5, 0.6) is 0 Å². The maximum Gasteiger partial charge on any atom is 0.102 e. The van der Waals surface area contributed by atoms with Crippen LogP contribution in [0.4, 0.5) is 0 Å². The summed E-state index contributed by atoms with van der Waals surface area (Å²) in [5.74, 6) is 0. The third-order valence-corrected chi connectivity index (χ3v) is 1.74. The lowest BCUT2D eigenvalue weighted by atomic mass is 10.0. The number of hydrogen-bond acceptors (Lipinski definition) is 4. The molecule has 5 heteroatoms. The smallest absolute Gasteiger partial charge is 0.102 e. The molecule has 0 saturated heterocycles. The van der Waals surface area contributed by atoms with Gasteiger partial charge in [0.25, 0.3) is 0 Å². The Balaban J connectivity index is 2.64. The normalized spacial score (nSPS) is 12.0. The van der Waals surface area contributed by atoms with Crippen molar-refractivity contribution < 1.29 is 5.11 Å². The molecule has 0 radical (unpaired) electrons. The second kappa shape index (κ2) is 3.85. The Morgan fingerprint density at radius 1 is 1.62 bits per heavy atom. The van der Waals surface area contributed by atoms with Crippen molar-refractivity contribution in [3.05, 3.63) is 11.9 Å². The lowest BCUT2D eigenvalue weighted by molar-refractivity contribution is 0.276. The van der Waals surface area contributed by atoms with Crippen LogP contribution in [0.25, 0.3) is 0 Å². The van der Waals surface area contributed by atoms with E-state index in [9.17, 15) is 0 Å². The molecule has 74 valence electrons. The summed E-state index contributed by atoms with van der Waals surface area (Å²) in [5, 5.41) is 16.5. The minimum atomic E-state index is -0.447. The zero-order valence-corrected chi connectivity index (χ0v) is 8.06. The molecule has 0 unspecified atom stereocenters. The van der Waals surface area contributed by atoms with E-state index in [1.54, 1.807) is 4.68 Å². The first-order valence-corrected chi connectivity index (χ1v) is 4.34. The first-order valence-electron chi connectivity index (χ1n) is 4.34. The molecule has 1 aromatic heterocycles. The first kappa shape index (κ1) is 10.1. The zero-order valence-electron chi connectivity index (χ0n) is 8.06. The third-order valence-electron chi connectivity index (χ3n) is 1.74. The van der Waals surface area contributed by atoms with Gasteiger partial charge in [-0.05, 0) is 20.3 Å². The highest BCUT2D eigenvalue weighted by atomic mass is 16.3. The van der Waals surface area contributed by atoms with E-state index in [2.05, 4.69) is 10.3 Å². The molecule has 0 aromatic carbocycles. The molecule has 0 aliphatic carbocycles. The number of hydrogen-bond donors (Lipinski definition) is 2. The molecule has 0 saturated carbocycles. The van der Waals surface area contributed by atoms with Crippen LogP contribution in [-0.4, -0.2) is 26.7 Å². The van der Waals surface area contributed by atoms with Crippen molar-refractivity contribution in [2.45, 2.75) is 32.4 Å². The van der Waals surface area contributed by atoms with Crippen molar-refractivity contribution in [3.63, 3.8) is 0 Å². The largest absolute Gasteiger partial charge is 0.396 e. The summed E-state index contributed by atoms with van der Waals surface area (Å²) < 4.78 is 1.69. The van der Waals surface area contributed by atoms with Gasteiger partial charge >= 0.3 is 0 Å². The van der Waals surface area contributed by atoms with Crippen LogP contribution in [0.15, 0.2) is 6.20 Å². The molecule has 0 bridgehead atoms. The monoisotopic (exact) mass is 184 g/mol. The molecule has 0 amide bonds. The average Bonchev–Trinajstić information content (AvgIpc) is 2.47. The van der Waals surface area contributed by atoms with Gasteiger partial charge in [0, 0.05) is 13.2 Å². The van der Waals surface area contributed by atoms with Gasteiger partial charge in [0.2, 0.25) is 0 Å². The number of aryl methyl sites for hydroxylation is 1. The number of nitrogens with zero attached hydrogens (tertiary/aromatic N) is 3. The highest BCUT2D eigenvalue weighted by Crippen LogP contribution is 2.12. The summed E-state index contributed by atoms with van der Waals surface area (Å²) in [5.41, 5.74) is 6.16. The fraction of sp³-hybridized carbons (Fsp3) is 0.750. The van der Waals surface area contributed by atoms with Crippen LogP contribution in [0.3, 0.4) is 0 Å². The second-order valence-electron chi connectivity index (χ2n) is 3.67. The van der Waals surface area contributed by atoms with Gasteiger partial charge in [-0.25, -0.2) is 0 Å². The molecule has 1 aromatic rings. The highest BCUT2D eigenvalue weighted by molar-refractivity contribution is 5.05. The van der Waals surface area contributed by atoms with E-state index < -0.39 is 5.54 Å². The van der Waals surface area contributed by atoms with Crippen LogP contribution in [-0.2, 0) is 12.1 Å². The molecule has 0 fully saturated rings. The highest BCUT2D eigenvalue weighted by Gasteiger charge is 2.17. The summed E-state index contributed by atoms with van der Waals surface area (Å²) >= 11 is 0. The van der Waals surface area contributed by atoms with Crippen LogP contribution in [0.1, 0.15) is 26.0 Å². The fourth-order valence-electron chi connectivity index (χ4n) is 0.936. The summed E-state index contributed by atoms with van der Waals surface area (Å²) in [6.45, 7) is 4.61. The topological polar surface area (TPSA) is 77.0 Å². The predicted molar refractivity (Wildman–Crippen MR) is 48.9 cm³/mol. The molecule has 1 heterocycles. The molecule has 0 aliphatic rings. The Kier molecular flexibility index (Phi) is 3.00. The van der Waals surface area contributed by atoms with Crippen LogP contribution >= 0.6 is 0 Å². The summed E-state index contributed by atoms with van der Waals surface area (Å²) in [7, 11) is 0. The summed E-state index contributed by atoms with van der Waals surface area (Å²) in [4.78, 5) is 0. The van der Waals surface area contributed by atoms with E-state index in [1.165, 1.54) is 0 Å². The summed E-state index contributed by atoms with van der Waals surface area (Å²) in [6, 6.07) is 0. The molecule has 5 nitrogen and oxygen atoms in total. The van der Waals surface area contributed by atoms with Gasteiger partial charge in [0.1, 0.15) is 5.69 Å².